The van der Waals surface area contributed by atoms with Crippen molar-refractivity contribution in [2.45, 2.75) is 77.9 Å². The van der Waals surface area contributed by atoms with Gasteiger partial charge in [-0.3, -0.25) is 0 Å². The number of alkyl halides is 1. The average Bonchev–Trinajstić information content (AvgIpc) is 3.26. The predicted octanol–water partition coefficient (Wildman–Crippen LogP) is 6.34. The summed E-state index contributed by atoms with van der Waals surface area (Å²) in [4.78, 5) is 0. The van der Waals surface area contributed by atoms with E-state index in [1.165, 1.54) is 38.5 Å². The van der Waals surface area contributed by atoms with E-state index in [0.29, 0.717) is 10.8 Å². The summed E-state index contributed by atoms with van der Waals surface area (Å²) in [6.07, 6.45) is 13.1. The zero-order valence-corrected chi connectivity index (χ0v) is 19.0. The lowest BCUT2D eigenvalue weighted by atomic mass is 9.47. The molecule has 0 aromatic heterocycles. The molecule has 2 nitrogen and oxygen atoms in total. The van der Waals surface area contributed by atoms with E-state index in [2.05, 4.69) is 42.8 Å². The van der Waals surface area contributed by atoms with Crippen LogP contribution in [0.3, 0.4) is 0 Å². The molecule has 1 saturated heterocycles. The largest absolute Gasteiger partial charge is 0.347 e. The fraction of sp³-hybridized carbons (Fsp3) is 0.917. The molecule has 0 aromatic rings. The van der Waals surface area contributed by atoms with Crippen LogP contribution in [0.4, 0.5) is 0 Å². The van der Waals surface area contributed by atoms with Crippen LogP contribution in [0.5, 0.6) is 0 Å². The number of halogens is 1. The Labute approximate surface area is 174 Å². The van der Waals surface area contributed by atoms with Crippen molar-refractivity contribution in [3.05, 3.63) is 11.6 Å². The Morgan fingerprint density at radius 3 is 2.59 bits per heavy atom. The van der Waals surface area contributed by atoms with E-state index in [4.69, 9.17) is 9.47 Å². The topological polar surface area (TPSA) is 18.5 Å². The highest BCUT2D eigenvalue weighted by molar-refractivity contribution is 9.09. The van der Waals surface area contributed by atoms with Crippen molar-refractivity contribution in [1.82, 2.24) is 0 Å². The molecule has 1 spiro atoms. The summed E-state index contributed by atoms with van der Waals surface area (Å²) in [5.74, 6) is 4.18. The van der Waals surface area contributed by atoms with E-state index in [1.54, 1.807) is 5.57 Å². The van der Waals surface area contributed by atoms with Crippen LogP contribution in [-0.4, -0.2) is 24.3 Å². The van der Waals surface area contributed by atoms with Crippen LogP contribution in [0.2, 0.25) is 0 Å². The van der Waals surface area contributed by atoms with Crippen LogP contribution in [0, 0.1) is 40.4 Å². The van der Waals surface area contributed by atoms with Gasteiger partial charge in [0.2, 0.25) is 0 Å². The molecule has 0 N–H and O–H groups in total. The van der Waals surface area contributed by atoms with Gasteiger partial charge in [0.1, 0.15) is 0 Å². The van der Waals surface area contributed by atoms with E-state index in [9.17, 15) is 0 Å². The number of hydrogen-bond donors (Lipinski definition) is 0. The maximum absolute atomic E-state index is 6.08. The zero-order valence-electron chi connectivity index (χ0n) is 17.4. The van der Waals surface area contributed by atoms with Crippen LogP contribution >= 0.6 is 15.9 Å². The lowest BCUT2D eigenvalue weighted by Gasteiger charge is -2.59. The Morgan fingerprint density at radius 1 is 1.07 bits per heavy atom. The molecule has 4 aliphatic carbocycles. The third kappa shape index (κ3) is 2.70. The summed E-state index contributed by atoms with van der Waals surface area (Å²) < 4.78 is 12.2. The molecule has 0 bridgehead atoms. The summed E-state index contributed by atoms with van der Waals surface area (Å²) in [6.45, 7) is 9.28. The van der Waals surface area contributed by atoms with Gasteiger partial charge < -0.3 is 9.47 Å². The van der Waals surface area contributed by atoms with Crippen LogP contribution in [0.1, 0.15) is 72.1 Å². The maximum Gasteiger partial charge on any atom is 0.172 e. The maximum atomic E-state index is 6.08. The first-order valence-corrected chi connectivity index (χ1v) is 12.6. The van der Waals surface area contributed by atoms with Crippen molar-refractivity contribution in [2.75, 3.05) is 18.5 Å². The molecule has 1 heterocycles. The lowest BCUT2D eigenvalue weighted by Crippen LogP contribution is -2.52. The first-order chi connectivity index (χ1) is 12.9. The molecule has 4 fully saturated rings. The quantitative estimate of drug-likeness (QED) is 0.371. The smallest absolute Gasteiger partial charge is 0.172 e. The van der Waals surface area contributed by atoms with E-state index < -0.39 is 0 Å². The highest BCUT2D eigenvalue weighted by Crippen LogP contribution is 2.67. The molecule has 152 valence electrons. The molecule has 0 radical (unpaired) electrons. The van der Waals surface area contributed by atoms with Crippen LogP contribution in [0.15, 0.2) is 11.6 Å². The zero-order chi connectivity index (χ0) is 18.9. The number of fused-ring (bicyclic) bond motifs is 5. The molecule has 5 aliphatic rings. The second-order valence-electron chi connectivity index (χ2n) is 10.9. The van der Waals surface area contributed by atoms with E-state index >= 15 is 0 Å². The molecular formula is C24H37BrO2. The minimum atomic E-state index is -0.273. The normalized spacial score (nSPS) is 49.3. The van der Waals surface area contributed by atoms with Gasteiger partial charge in [-0.25, -0.2) is 0 Å². The summed E-state index contributed by atoms with van der Waals surface area (Å²) in [6, 6.07) is 0. The van der Waals surface area contributed by atoms with Crippen molar-refractivity contribution >= 4 is 15.9 Å². The number of ether oxygens (including phenoxy) is 2. The van der Waals surface area contributed by atoms with E-state index in [-0.39, 0.29) is 5.79 Å². The highest BCUT2D eigenvalue weighted by atomic mass is 79.9. The fourth-order valence-corrected chi connectivity index (χ4v) is 8.88. The molecule has 27 heavy (non-hydrogen) atoms. The van der Waals surface area contributed by atoms with Gasteiger partial charge >= 0.3 is 0 Å². The summed E-state index contributed by atoms with van der Waals surface area (Å²) in [7, 11) is 0. The van der Waals surface area contributed by atoms with Crippen LogP contribution in [0.25, 0.3) is 0 Å². The van der Waals surface area contributed by atoms with Gasteiger partial charge in [0.15, 0.2) is 5.79 Å². The molecule has 0 amide bonds. The molecule has 3 saturated carbocycles. The molecule has 1 aliphatic heterocycles. The van der Waals surface area contributed by atoms with Crippen molar-refractivity contribution in [3.63, 3.8) is 0 Å². The van der Waals surface area contributed by atoms with Crippen molar-refractivity contribution in [1.29, 1.82) is 0 Å². The van der Waals surface area contributed by atoms with Gasteiger partial charge in [-0.05, 0) is 78.9 Å². The minimum Gasteiger partial charge on any atom is -0.347 e. The van der Waals surface area contributed by atoms with Gasteiger partial charge in [-0.2, -0.15) is 0 Å². The third-order valence-electron chi connectivity index (χ3n) is 9.93. The molecule has 7 atom stereocenters. The monoisotopic (exact) mass is 436 g/mol. The van der Waals surface area contributed by atoms with E-state index in [1.807, 2.05) is 0 Å². The number of hydrogen-bond acceptors (Lipinski definition) is 2. The van der Waals surface area contributed by atoms with Gasteiger partial charge in [-0.15, -0.1) is 0 Å². The molecular weight excluding hydrogens is 400 g/mol. The number of rotatable bonds is 2. The van der Waals surface area contributed by atoms with E-state index in [0.717, 1.165) is 61.0 Å². The first-order valence-electron chi connectivity index (χ1n) is 11.5. The Bertz CT molecular complexity index is 624. The van der Waals surface area contributed by atoms with Gasteiger partial charge in [0, 0.05) is 18.2 Å². The summed E-state index contributed by atoms with van der Waals surface area (Å²) in [5.41, 5.74) is 2.64. The Hall–Kier alpha value is 0.140. The van der Waals surface area contributed by atoms with Crippen molar-refractivity contribution in [2.24, 2.45) is 40.4 Å². The molecule has 5 rings (SSSR count). The second kappa shape index (κ2) is 6.57. The van der Waals surface area contributed by atoms with Crippen LogP contribution in [-0.2, 0) is 9.47 Å². The van der Waals surface area contributed by atoms with Gasteiger partial charge in [0.25, 0.3) is 0 Å². The third-order valence-corrected chi connectivity index (χ3v) is 10.9. The first kappa shape index (κ1) is 19.1. The minimum absolute atomic E-state index is 0.273. The molecule has 4 unspecified atom stereocenters. The number of allylic oxidation sites excluding steroid dienone is 1. The fourth-order valence-electron chi connectivity index (χ4n) is 8.43. The predicted molar refractivity (Wildman–Crippen MR) is 113 cm³/mol. The van der Waals surface area contributed by atoms with Crippen LogP contribution < -0.4 is 0 Å². The SMILES string of the molecule is C[C@H](CBr)C1CCC2C3CC=C4CC5(CC[C@]4(C)C3CC[C@@]21C)OCCO5. The van der Waals surface area contributed by atoms with Crippen molar-refractivity contribution < 1.29 is 9.47 Å². The Balaban J connectivity index is 1.42. The summed E-state index contributed by atoms with van der Waals surface area (Å²) in [5, 5.41) is 1.16. The Kier molecular flexibility index (Phi) is 4.65. The molecule has 0 aromatic carbocycles. The van der Waals surface area contributed by atoms with Gasteiger partial charge in [0.05, 0.1) is 13.2 Å². The standard InChI is InChI=1S/C24H37BrO2/c1-16(15-25)19-6-7-20-18-5-4-17-14-24(26-12-13-27-24)11-10-22(17,2)21(18)8-9-23(19,20)3/h4,16,18-21H,5-15H2,1-3H3/t16-,18?,19?,20?,21?,22+,23-/m1/s1. The highest BCUT2D eigenvalue weighted by Gasteiger charge is 2.60. The van der Waals surface area contributed by atoms with Crippen molar-refractivity contribution in [3.8, 4) is 0 Å². The summed E-state index contributed by atoms with van der Waals surface area (Å²) >= 11 is 3.78. The second-order valence-corrected chi connectivity index (χ2v) is 11.6. The van der Waals surface area contributed by atoms with Gasteiger partial charge in [-0.1, -0.05) is 48.4 Å². The molecule has 3 heteroatoms. The lowest BCUT2D eigenvalue weighted by molar-refractivity contribution is -0.185. The average molecular weight is 437 g/mol. The Morgan fingerprint density at radius 2 is 1.85 bits per heavy atom.